The number of benzene rings is 1. The van der Waals surface area contributed by atoms with Crippen LogP contribution in [-0.2, 0) is 6.42 Å². The third-order valence-electron chi connectivity index (χ3n) is 2.42. The highest BCUT2D eigenvalue weighted by Gasteiger charge is 2.05. The van der Waals surface area contributed by atoms with Crippen molar-refractivity contribution in [1.82, 2.24) is 0 Å². The lowest BCUT2D eigenvalue weighted by Gasteiger charge is -2.12. The molecule has 16 heavy (non-hydrogen) atoms. The molecule has 0 amide bonds. The lowest BCUT2D eigenvalue weighted by molar-refractivity contribution is 0.0534. The van der Waals surface area contributed by atoms with Gasteiger partial charge in [0.05, 0.1) is 6.61 Å². The summed E-state index contributed by atoms with van der Waals surface area (Å²) >= 11 is 0. The van der Waals surface area contributed by atoms with Gasteiger partial charge in [0, 0.05) is 0 Å². The molecule has 3 heteroatoms. The predicted octanol–water partition coefficient (Wildman–Crippen LogP) is 1.68. The molecule has 0 heterocycles. The topological polar surface area (TPSA) is 49.7 Å². The zero-order valence-corrected chi connectivity index (χ0v) is 9.94. The molecule has 2 N–H and O–H groups in total. The van der Waals surface area contributed by atoms with Gasteiger partial charge >= 0.3 is 0 Å². The van der Waals surface area contributed by atoms with Crippen molar-refractivity contribution in [3.05, 3.63) is 29.3 Å². The maximum atomic E-state index is 9.17. The van der Waals surface area contributed by atoms with E-state index in [0.29, 0.717) is 0 Å². The summed E-state index contributed by atoms with van der Waals surface area (Å²) in [6, 6.07) is 6.06. The fourth-order valence-corrected chi connectivity index (χ4v) is 1.56. The van der Waals surface area contributed by atoms with E-state index in [9.17, 15) is 5.11 Å². The Balaban J connectivity index is 2.60. The molecule has 1 aromatic carbocycles. The summed E-state index contributed by atoms with van der Waals surface area (Å²) in [5, 5.41) is 17.8. The first-order chi connectivity index (χ1) is 7.67. The van der Waals surface area contributed by atoms with Crippen LogP contribution in [0, 0.1) is 6.92 Å². The van der Waals surface area contributed by atoms with Crippen molar-refractivity contribution < 1.29 is 14.9 Å². The highest BCUT2D eigenvalue weighted by Crippen LogP contribution is 2.20. The average molecular weight is 224 g/mol. The van der Waals surface area contributed by atoms with Crippen molar-refractivity contribution in [2.24, 2.45) is 0 Å². The molecule has 0 bridgehead atoms. The molecular formula is C13H20O3. The number of hydrogen-bond donors (Lipinski definition) is 2. The van der Waals surface area contributed by atoms with Crippen LogP contribution in [-0.4, -0.2) is 29.5 Å². The molecule has 0 aliphatic carbocycles. The summed E-state index contributed by atoms with van der Waals surface area (Å²) in [6.45, 7) is 3.99. The van der Waals surface area contributed by atoms with E-state index >= 15 is 0 Å². The van der Waals surface area contributed by atoms with Gasteiger partial charge < -0.3 is 14.9 Å². The van der Waals surface area contributed by atoms with E-state index in [0.717, 1.165) is 24.2 Å². The van der Waals surface area contributed by atoms with Crippen LogP contribution in [0.1, 0.15) is 24.5 Å². The van der Waals surface area contributed by atoms with Crippen molar-refractivity contribution in [2.45, 2.75) is 32.8 Å². The van der Waals surface area contributed by atoms with Crippen LogP contribution in [0.3, 0.4) is 0 Å². The fourth-order valence-electron chi connectivity index (χ4n) is 1.56. The number of hydrogen-bond acceptors (Lipinski definition) is 3. The molecule has 1 rings (SSSR count). The van der Waals surface area contributed by atoms with E-state index in [2.05, 4.69) is 13.0 Å². The summed E-state index contributed by atoms with van der Waals surface area (Å²) in [4.78, 5) is 0. The summed E-state index contributed by atoms with van der Waals surface area (Å²) in [5.74, 6) is 0.771. The molecule has 3 nitrogen and oxygen atoms in total. The fraction of sp³-hybridized carbons (Fsp3) is 0.538. The molecule has 0 aliphatic heterocycles. The SMILES string of the molecule is CCCc1ccc(OC[C@@H](O)CO)c(C)c1. The predicted molar refractivity (Wildman–Crippen MR) is 63.8 cm³/mol. The molecule has 90 valence electrons. The second-order valence-electron chi connectivity index (χ2n) is 4.00. The van der Waals surface area contributed by atoms with Crippen LogP contribution in [0.15, 0.2) is 18.2 Å². The molecule has 0 radical (unpaired) electrons. The number of ether oxygens (including phenoxy) is 1. The quantitative estimate of drug-likeness (QED) is 0.773. The van der Waals surface area contributed by atoms with Gasteiger partial charge in [-0.25, -0.2) is 0 Å². The van der Waals surface area contributed by atoms with Gasteiger partial charge in [0.15, 0.2) is 0 Å². The lowest BCUT2D eigenvalue weighted by atomic mass is 10.1. The van der Waals surface area contributed by atoms with Crippen LogP contribution in [0.2, 0.25) is 0 Å². The minimum atomic E-state index is -0.810. The van der Waals surface area contributed by atoms with Crippen molar-refractivity contribution in [3.8, 4) is 5.75 Å². The Bertz CT molecular complexity index is 323. The van der Waals surface area contributed by atoms with Crippen molar-refractivity contribution >= 4 is 0 Å². The minimum Gasteiger partial charge on any atom is -0.491 e. The Labute approximate surface area is 96.7 Å². The molecule has 0 fully saturated rings. The zero-order chi connectivity index (χ0) is 12.0. The van der Waals surface area contributed by atoms with E-state index < -0.39 is 6.10 Å². The lowest BCUT2D eigenvalue weighted by Crippen LogP contribution is -2.21. The van der Waals surface area contributed by atoms with Crippen LogP contribution in [0.4, 0.5) is 0 Å². The Hall–Kier alpha value is -1.06. The molecule has 0 aromatic heterocycles. The molecule has 1 aromatic rings. The largest absolute Gasteiger partial charge is 0.491 e. The van der Waals surface area contributed by atoms with Crippen LogP contribution < -0.4 is 4.74 Å². The van der Waals surface area contributed by atoms with Crippen molar-refractivity contribution in [1.29, 1.82) is 0 Å². The van der Waals surface area contributed by atoms with Gasteiger partial charge in [0.2, 0.25) is 0 Å². The molecule has 0 spiro atoms. The van der Waals surface area contributed by atoms with Gasteiger partial charge in [-0.3, -0.25) is 0 Å². The van der Waals surface area contributed by atoms with Gasteiger partial charge in [-0.2, -0.15) is 0 Å². The minimum absolute atomic E-state index is 0.129. The Morgan fingerprint density at radius 3 is 2.69 bits per heavy atom. The number of aliphatic hydroxyl groups is 2. The first-order valence-corrected chi connectivity index (χ1v) is 5.68. The van der Waals surface area contributed by atoms with Gasteiger partial charge in [0.25, 0.3) is 0 Å². The maximum absolute atomic E-state index is 9.17. The highest BCUT2D eigenvalue weighted by atomic mass is 16.5. The monoisotopic (exact) mass is 224 g/mol. The summed E-state index contributed by atoms with van der Waals surface area (Å²) < 4.78 is 5.41. The van der Waals surface area contributed by atoms with E-state index in [4.69, 9.17) is 9.84 Å². The second kappa shape index (κ2) is 6.51. The van der Waals surface area contributed by atoms with E-state index in [1.54, 1.807) is 0 Å². The Morgan fingerprint density at radius 1 is 1.38 bits per heavy atom. The number of aryl methyl sites for hydroxylation is 2. The van der Waals surface area contributed by atoms with Crippen molar-refractivity contribution in [2.75, 3.05) is 13.2 Å². The third kappa shape index (κ3) is 3.83. The molecule has 0 saturated carbocycles. The first-order valence-electron chi connectivity index (χ1n) is 5.68. The summed E-state index contributed by atoms with van der Waals surface area (Å²) in [7, 11) is 0. The molecule has 0 unspecified atom stereocenters. The summed E-state index contributed by atoms with van der Waals surface area (Å²) in [6.07, 6.45) is 1.39. The van der Waals surface area contributed by atoms with Gasteiger partial charge in [-0.15, -0.1) is 0 Å². The molecule has 0 aliphatic rings. The number of aliphatic hydroxyl groups excluding tert-OH is 2. The second-order valence-corrected chi connectivity index (χ2v) is 4.00. The molecule has 1 atom stereocenters. The first kappa shape index (κ1) is 13.0. The summed E-state index contributed by atoms with van der Waals surface area (Å²) in [5.41, 5.74) is 2.37. The molecular weight excluding hydrogens is 204 g/mol. The number of rotatable bonds is 6. The van der Waals surface area contributed by atoms with Crippen LogP contribution in [0.25, 0.3) is 0 Å². The van der Waals surface area contributed by atoms with Gasteiger partial charge in [-0.1, -0.05) is 25.5 Å². The van der Waals surface area contributed by atoms with E-state index in [1.165, 1.54) is 5.56 Å². The molecule has 0 saturated heterocycles. The average Bonchev–Trinajstić information content (AvgIpc) is 2.28. The highest BCUT2D eigenvalue weighted by molar-refractivity contribution is 5.36. The maximum Gasteiger partial charge on any atom is 0.122 e. The Kier molecular flexibility index (Phi) is 5.29. The standard InChI is InChI=1S/C13H20O3/c1-3-4-11-5-6-13(10(2)7-11)16-9-12(15)8-14/h5-7,12,14-15H,3-4,8-9H2,1-2H3/t12-/m0/s1. The van der Waals surface area contributed by atoms with Gasteiger partial charge in [0.1, 0.15) is 18.5 Å². The van der Waals surface area contributed by atoms with E-state index in [-0.39, 0.29) is 13.2 Å². The normalized spacial score (nSPS) is 12.5. The third-order valence-corrected chi connectivity index (χ3v) is 2.42. The smallest absolute Gasteiger partial charge is 0.122 e. The van der Waals surface area contributed by atoms with Crippen LogP contribution in [0.5, 0.6) is 5.75 Å². The van der Waals surface area contributed by atoms with Gasteiger partial charge in [-0.05, 0) is 30.5 Å². The van der Waals surface area contributed by atoms with Crippen molar-refractivity contribution in [3.63, 3.8) is 0 Å². The van der Waals surface area contributed by atoms with Crippen LogP contribution >= 0.6 is 0 Å². The van der Waals surface area contributed by atoms with E-state index in [1.807, 2.05) is 19.1 Å². The zero-order valence-electron chi connectivity index (χ0n) is 9.94. The Morgan fingerprint density at radius 2 is 2.12 bits per heavy atom.